The van der Waals surface area contributed by atoms with Gasteiger partial charge in [-0.05, 0) is 43.0 Å². The summed E-state index contributed by atoms with van der Waals surface area (Å²) >= 11 is 6.20. The number of sulfonamides is 1. The number of rotatable bonds is 6. The fourth-order valence-corrected chi connectivity index (χ4v) is 5.45. The van der Waals surface area contributed by atoms with E-state index in [1.807, 2.05) is 37.3 Å². The number of carbonyl (C=O) groups is 1. The molecule has 7 heteroatoms. The van der Waals surface area contributed by atoms with E-state index in [4.69, 9.17) is 11.6 Å². The maximum atomic E-state index is 13.0. The molecule has 0 radical (unpaired) electrons. The summed E-state index contributed by atoms with van der Waals surface area (Å²) in [6.07, 6.45) is 3.43. The van der Waals surface area contributed by atoms with Crippen LogP contribution in [0.15, 0.2) is 53.4 Å². The molecule has 3 rings (SSSR count). The van der Waals surface area contributed by atoms with Crippen molar-refractivity contribution in [3.63, 3.8) is 0 Å². The molecule has 1 amide bonds. The highest BCUT2D eigenvalue weighted by molar-refractivity contribution is 7.89. The molecule has 150 valence electrons. The Hall–Kier alpha value is -1.89. The van der Waals surface area contributed by atoms with Crippen molar-refractivity contribution < 1.29 is 13.2 Å². The molecule has 1 fully saturated rings. The third-order valence-corrected chi connectivity index (χ3v) is 7.42. The lowest BCUT2D eigenvalue weighted by molar-refractivity contribution is 0.0935. The van der Waals surface area contributed by atoms with Crippen LogP contribution in [0.3, 0.4) is 0 Å². The molecule has 5 nitrogen and oxygen atoms in total. The Morgan fingerprint density at radius 2 is 1.79 bits per heavy atom. The first-order valence-electron chi connectivity index (χ1n) is 9.59. The molecule has 0 bridgehead atoms. The second-order valence-electron chi connectivity index (χ2n) is 6.95. The summed E-state index contributed by atoms with van der Waals surface area (Å²) in [5, 5.41) is 3.12. The summed E-state index contributed by atoms with van der Waals surface area (Å²) in [6.45, 7) is 2.97. The highest BCUT2D eigenvalue weighted by Gasteiger charge is 2.29. The third kappa shape index (κ3) is 4.57. The molecule has 1 N–H and O–H groups in total. The summed E-state index contributed by atoms with van der Waals surface area (Å²) in [5.74, 6) is -0.317. The van der Waals surface area contributed by atoms with Crippen molar-refractivity contribution in [2.24, 2.45) is 0 Å². The van der Waals surface area contributed by atoms with Gasteiger partial charge < -0.3 is 5.32 Å². The van der Waals surface area contributed by atoms with Crippen molar-refractivity contribution in [2.45, 2.75) is 43.5 Å². The van der Waals surface area contributed by atoms with E-state index in [-0.39, 0.29) is 27.4 Å². The maximum Gasteiger partial charge on any atom is 0.251 e. The minimum absolute atomic E-state index is 0.00326. The van der Waals surface area contributed by atoms with Crippen LogP contribution in [0.4, 0.5) is 0 Å². The van der Waals surface area contributed by atoms with Crippen LogP contribution in [-0.2, 0) is 10.0 Å². The molecule has 1 saturated heterocycles. The standard InChI is InChI=1S/C21H25ClN2O3S/c1-2-19(16-9-5-3-6-10-16)23-21(25)17-11-12-18(22)20(15-17)28(26,27)24-13-7-4-8-14-24/h3,5-6,9-12,15,19H,2,4,7-8,13-14H2,1H3,(H,23,25)/t19-/m1/s1. The van der Waals surface area contributed by atoms with Gasteiger partial charge in [-0.25, -0.2) is 8.42 Å². The van der Waals surface area contributed by atoms with Crippen LogP contribution < -0.4 is 5.32 Å². The zero-order valence-corrected chi connectivity index (χ0v) is 17.5. The molecule has 0 saturated carbocycles. The van der Waals surface area contributed by atoms with Crippen LogP contribution in [0.25, 0.3) is 0 Å². The quantitative estimate of drug-likeness (QED) is 0.753. The monoisotopic (exact) mass is 420 g/mol. The fourth-order valence-electron chi connectivity index (χ4n) is 3.43. The minimum atomic E-state index is -3.71. The number of hydrogen-bond acceptors (Lipinski definition) is 3. The summed E-state index contributed by atoms with van der Waals surface area (Å²) in [5.41, 5.74) is 1.29. The average Bonchev–Trinajstić information content (AvgIpc) is 2.73. The molecule has 0 aliphatic carbocycles. The number of nitrogens with zero attached hydrogens (tertiary/aromatic N) is 1. The first-order valence-corrected chi connectivity index (χ1v) is 11.4. The highest BCUT2D eigenvalue weighted by atomic mass is 35.5. The summed E-state index contributed by atoms with van der Waals surface area (Å²) in [7, 11) is -3.71. The molecule has 1 aliphatic heterocycles. The van der Waals surface area contributed by atoms with E-state index in [9.17, 15) is 13.2 Å². The van der Waals surface area contributed by atoms with Crippen molar-refractivity contribution >= 4 is 27.5 Å². The molecule has 0 spiro atoms. The molecule has 28 heavy (non-hydrogen) atoms. The third-order valence-electron chi connectivity index (χ3n) is 5.04. The predicted octanol–water partition coefficient (Wildman–Crippen LogP) is 4.40. The normalized spacial score (nSPS) is 16.5. The van der Waals surface area contributed by atoms with Crippen molar-refractivity contribution in [2.75, 3.05) is 13.1 Å². The Morgan fingerprint density at radius 3 is 2.43 bits per heavy atom. The molecule has 2 aromatic carbocycles. The van der Waals surface area contributed by atoms with Crippen LogP contribution in [0.1, 0.15) is 54.6 Å². The van der Waals surface area contributed by atoms with Crippen molar-refractivity contribution in [1.82, 2.24) is 9.62 Å². The van der Waals surface area contributed by atoms with Gasteiger partial charge in [0.05, 0.1) is 11.1 Å². The number of nitrogens with one attached hydrogen (secondary N) is 1. The molecule has 0 aromatic heterocycles. The smallest absolute Gasteiger partial charge is 0.251 e. The Kier molecular flexibility index (Phi) is 6.75. The van der Waals surface area contributed by atoms with Crippen molar-refractivity contribution in [3.05, 3.63) is 64.7 Å². The van der Waals surface area contributed by atoms with Gasteiger partial charge in [0, 0.05) is 18.7 Å². The number of amides is 1. The first kappa shape index (κ1) is 20.8. The van der Waals surface area contributed by atoms with Crippen LogP contribution >= 0.6 is 11.6 Å². The second-order valence-corrected chi connectivity index (χ2v) is 9.27. The van der Waals surface area contributed by atoms with Gasteiger partial charge in [-0.2, -0.15) is 4.31 Å². The van der Waals surface area contributed by atoms with Gasteiger partial charge in [-0.3, -0.25) is 4.79 Å². The van der Waals surface area contributed by atoms with Gasteiger partial charge in [0.25, 0.3) is 5.91 Å². The molecule has 0 unspecified atom stereocenters. The van der Waals surface area contributed by atoms with Crippen molar-refractivity contribution in [3.8, 4) is 0 Å². The first-order chi connectivity index (χ1) is 13.4. The Balaban J connectivity index is 1.85. The lowest BCUT2D eigenvalue weighted by atomic mass is 10.0. The second kappa shape index (κ2) is 9.07. The molecular weight excluding hydrogens is 396 g/mol. The largest absolute Gasteiger partial charge is 0.345 e. The SMILES string of the molecule is CC[C@@H](NC(=O)c1ccc(Cl)c(S(=O)(=O)N2CCCCC2)c1)c1ccccc1. The van der Waals surface area contributed by atoms with E-state index in [1.54, 1.807) is 6.07 Å². The van der Waals surface area contributed by atoms with Crippen LogP contribution in [0.2, 0.25) is 5.02 Å². The average molecular weight is 421 g/mol. The molecule has 2 aromatic rings. The van der Waals surface area contributed by atoms with E-state index < -0.39 is 10.0 Å². The van der Waals surface area contributed by atoms with Gasteiger partial charge in [0.2, 0.25) is 10.0 Å². The minimum Gasteiger partial charge on any atom is -0.345 e. The Bertz CT molecular complexity index is 926. The molecule has 1 heterocycles. The maximum absolute atomic E-state index is 13.0. The van der Waals surface area contributed by atoms with E-state index in [1.165, 1.54) is 16.4 Å². The number of hydrogen-bond donors (Lipinski definition) is 1. The zero-order valence-electron chi connectivity index (χ0n) is 15.9. The number of carbonyl (C=O) groups excluding carboxylic acids is 1. The number of piperidine rings is 1. The summed E-state index contributed by atoms with van der Waals surface area (Å²) in [4.78, 5) is 12.8. The lowest BCUT2D eigenvalue weighted by Gasteiger charge is -2.26. The molecular formula is C21H25ClN2O3S. The van der Waals surface area contributed by atoms with Gasteiger partial charge in [-0.1, -0.05) is 55.3 Å². The van der Waals surface area contributed by atoms with E-state index in [2.05, 4.69) is 5.32 Å². The predicted molar refractivity (Wildman–Crippen MR) is 111 cm³/mol. The summed E-state index contributed by atoms with van der Waals surface area (Å²) in [6, 6.07) is 14.0. The van der Waals surface area contributed by atoms with Gasteiger partial charge in [0.15, 0.2) is 0 Å². The zero-order chi connectivity index (χ0) is 20.1. The topological polar surface area (TPSA) is 66.5 Å². The van der Waals surface area contributed by atoms with E-state index in [0.717, 1.165) is 31.2 Å². The lowest BCUT2D eigenvalue weighted by Crippen LogP contribution is -2.36. The van der Waals surface area contributed by atoms with Gasteiger partial charge >= 0.3 is 0 Å². The van der Waals surface area contributed by atoms with Crippen LogP contribution in [0.5, 0.6) is 0 Å². The highest BCUT2D eigenvalue weighted by Crippen LogP contribution is 2.28. The molecule has 1 atom stereocenters. The molecule has 1 aliphatic rings. The summed E-state index contributed by atoms with van der Waals surface area (Å²) < 4.78 is 27.4. The van der Waals surface area contributed by atoms with Crippen LogP contribution in [0, 0.1) is 0 Å². The van der Waals surface area contributed by atoms with Gasteiger partial charge in [0.1, 0.15) is 4.90 Å². The van der Waals surface area contributed by atoms with Gasteiger partial charge in [-0.15, -0.1) is 0 Å². The number of halogens is 1. The van der Waals surface area contributed by atoms with E-state index in [0.29, 0.717) is 13.1 Å². The Morgan fingerprint density at radius 1 is 1.11 bits per heavy atom. The number of benzene rings is 2. The van der Waals surface area contributed by atoms with E-state index >= 15 is 0 Å². The van der Waals surface area contributed by atoms with Crippen molar-refractivity contribution in [1.29, 1.82) is 0 Å². The van der Waals surface area contributed by atoms with Crippen LogP contribution in [-0.4, -0.2) is 31.7 Å². The Labute approximate surface area is 171 Å². The fraction of sp³-hybridized carbons (Fsp3) is 0.381.